The third-order valence-electron chi connectivity index (χ3n) is 5.34. The van der Waals surface area contributed by atoms with Crippen molar-refractivity contribution in [3.05, 3.63) is 0 Å². The van der Waals surface area contributed by atoms with Crippen LogP contribution in [0.2, 0.25) is 0 Å². The Morgan fingerprint density at radius 1 is 0.920 bits per heavy atom. The van der Waals surface area contributed by atoms with E-state index in [9.17, 15) is 17.8 Å². The van der Waals surface area contributed by atoms with E-state index in [-0.39, 0.29) is 17.9 Å². The summed E-state index contributed by atoms with van der Waals surface area (Å²) in [4.78, 5) is 12.5. The van der Waals surface area contributed by atoms with Gasteiger partial charge in [0.15, 0.2) is 0 Å². The first-order chi connectivity index (χ1) is 11.8. The molecule has 0 saturated heterocycles. The highest BCUT2D eigenvalue weighted by Crippen LogP contribution is 2.37. The molecular weight excluding hydrogens is 344 g/mol. The van der Waals surface area contributed by atoms with E-state index in [1.807, 2.05) is 0 Å². The van der Waals surface area contributed by atoms with Gasteiger partial charge in [0.05, 0.1) is 6.10 Å². The molecule has 0 spiro atoms. The molecule has 6 nitrogen and oxygen atoms in total. The Labute approximate surface area is 151 Å². The Morgan fingerprint density at radius 3 is 1.72 bits per heavy atom. The van der Waals surface area contributed by atoms with Crippen LogP contribution in [0.3, 0.4) is 0 Å². The molecule has 0 bridgehead atoms. The second-order valence-corrected chi connectivity index (χ2v) is 9.19. The average molecular weight is 377 g/mol. The van der Waals surface area contributed by atoms with Gasteiger partial charge in [-0.25, -0.2) is 4.79 Å². The van der Waals surface area contributed by atoms with Gasteiger partial charge in [0.1, 0.15) is 6.10 Å². The fraction of sp³-hybridized carbons (Fsp3) is 0.944. The van der Waals surface area contributed by atoms with E-state index >= 15 is 0 Å². The molecule has 146 valence electrons. The molecule has 1 atom stereocenters. The summed E-state index contributed by atoms with van der Waals surface area (Å²) in [5.41, 5.74) is -1.96. The van der Waals surface area contributed by atoms with E-state index in [4.69, 9.17) is 9.47 Å². The molecule has 2 aliphatic carbocycles. The van der Waals surface area contributed by atoms with Gasteiger partial charge >= 0.3 is 16.1 Å². The SMILES string of the molecule is CC(C)OC(C(=O)OC(C1CCCCC1)C1CCCCC1)S(=O)(=O)O. The third kappa shape index (κ3) is 6.22. The zero-order valence-electron chi connectivity index (χ0n) is 15.4. The third-order valence-corrected chi connectivity index (χ3v) is 6.18. The van der Waals surface area contributed by atoms with Crippen LogP contribution in [0.25, 0.3) is 0 Å². The Kier molecular flexibility index (Phi) is 7.70. The van der Waals surface area contributed by atoms with Crippen LogP contribution < -0.4 is 0 Å². The molecule has 2 aliphatic rings. The summed E-state index contributed by atoms with van der Waals surface area (Å²) in [6.45, 7) is 3.23. The van der Waals surface area contributed by atoms with Crippen molar-refractivity contribution in [2.75, 3.05) is 0 Å². The van der Waals surface area contributed by atoms with Gasteiger partial charge < -0.3 is 9.47 Å². The topological polar surface area (TPSA) is 89.9 Å². The molecule has 0 aromatic rings. The molecule has 2 rings (SSSR count). The monoisotopic (exact) mass is 376 g/mol. The fourth-order valence-corrected chi connectivity index (χ4v) is 4.85. The van der Waals surface area contributed by atoms with E-state index in [1.54, 1.807) is 13.8 Å². The smallest absolute Gasteiger partial charge is 0.354 e. The van der Waals surface area contributed by atoms with Crippen LogP contribution in [0.5, 0.6) is 0 Å². The van der Waals surface area contributed by atoms with Gasteiger partial charge in [0.2, 0.25) is 0 Å². The van der Waals surface area contributed by atoms with Crippen molar-refractivity contribution in [2.24, 2.45) is 11.8 Å². The molecule has 1 unspecified atom stereocenters. The number of carbonyl (C=O) groups is 1. The molecule has 0 heterocycles. The number of rotatable bonds is 7. The quantitative estimate of drug-likeness (QED) is 0.538. The van der Waals surface area contributed by atoms with Crippen LogP contribution in [-0.4, -0.2) is 36.6 Å². The van der Waals surface area contributed by atoms with E-state index in [1.165, 1.54) is 12.8 Å². The first-order valence-electron chi connectivity index (χ1n) is 9.61. The Bertz CT molecular complexity index is 500. The number of esters is 1. The van der Waals surface area contributed by atoms with Crippen molar-refractivity contribution in [1.82, 2.24) is 0 Å². The second kappa shape index (κ2) is 9.33. The molecule has 2 saturated carbocycles. The Hall–Kier alpha value is -0.660. The van der Waals surface area contributed by atoms with Crippen LogP contribution in [0.15, 0.2) is 0 Å². The van der Waals surface area contributed by atoms with Gasteiger partial charge in [0, 0.05) is 0 Å². The maximum absolute atomic E-state index is 12.5. The molecule has 0 radical (unpaired) electrons. The second-order valence-electron chi connectivity index (χ2n) is 7.73. The molecule has 2 fully saturated rings. The Balaban J connectivity index is 2.13. The van der Waals surface area contributed by atoms with Crippen LogP contribution in [0.4, 0.5) is 0 Å². The van der Waals surface area contributed by atoms with Crippen LogP contribution >= 0.6 is 0 Å². The minimum Gasteiger partial charge on any atom is -0.459 e. The number of hydrogen-bond donors (Lipinski definition) is 1. The zero-order chi connectivity index (χ0) is 18.4. The Morgan fingerprint density at radius 2 is 1.36 bits per heavy atom. The predicted octanol–water partition coefficient (Wildman–Crippen LogP) is 3.70. The maximum atomic E-state index is 12.5. The normalized spacial score (nSPS) is 22.3. The maximum Gasteiger partial charge on any atom is 0.354 e. The van der Waals surface area contributed by atoms with Gasteiger partial charge in [-0.1, -0.05) is 38.5 Å². The lowest BCUT2D eigenvalue weighted by molar-refractivity contribution is -0.167. The highest BCUT2D eigenvalue weighted by molar-refractivity contribution is 7.87. The number of carbonyl (C=O) groups excluding carboxylic acids is 1. The molecule has 0 aliphatic heterocycles. The lowest BCUT2D eigenvalue weighted by Gasteiger charge is -2.37. The standard InChI is InChI=1S/C18H32O6S/c1-13(2)23-18(25(20,21)22)17(19)24-16(14-9-5-3-6-10-14)15-11-7-4-8-12-15/h13-16,18H,3-12H2,1-2H3,(H,20,21,22). The predicted molar refractivity (Wildman–Crippen MR) is 94.6 cm³/mol. The van der Waals surface area contributed by atoms with E-state index in [0.717, 1.165) is 51.4 Å². The minimum atomic E-state index is -4.66. The number of hydrogen-bond acceptors (Lipinski definition) is 5. The van der Waals surface area contributed by atoms with Gasteiger partial charge in [-0.15, -0.1) is 0 Å². The van der Waals surface area contributed by atoms with Crippen molar-refractivity contribution in [3.63, 3.8) is 0 Å². The summed E-state index contributed by atoms with van der Waals surface area (Å²) in [7, 11) is -4.66. The first kappa shape index (κ1) is 20.6. The van der Waals surface area contributed by atoms with E-state index in [2.05, 4.69) is 0 Å². The largest absolute Gasteiger partial charge is 0.459 e. The summed E-state index contributed by atoms with van der Waals surface area (Å²) < 4.78 is 43.4. The van der Waals surface area contributed by atoms with Crippen LogP contribution in [-0.2, 0) is 24.4 Å². The molecule has 25 heavy (non-hydrogen) atoms. The highest BCUT2D eigenvalue weighted by Gasteiger charge is 2.40. The summed E-state index contributed by atoms with van der Waals surface area (Å²) in [6, 6.07) is 0. The summed E-state index contributed by atoms with van der Waals surface area (Å²) >= 11 is 0. The summed E-state index contributed by atoms with van der Waals surface area (Å²) in [5.74, 6) is -0.416. The van der Waals surface area contributed by atoms with Gasteiger partial charge in [0.25, 0.3) is 5.44 Å². The van der Waals surface area contributed by atoms with Gasteiger partial charge in [-0.05, 0) is 51.4 Å². The molecule has 1 N–H and O–H groups in total. The lowest BCUT2D eigenvalue weighted by atomic mass is 9.75. The molecule has 0 aromatic carbocycles. The van der Waals surface area contributed by atoms with Crippen LogP contribution in [0, 0.1) is 11.8 Å². The summed E-state index contributed by atoms with van der Waals surface area (Å²) in [5, 5.41) is 0. The van der Waals surface area contributed by atoms with Crippen molar-refractivity contribution >= 4 is 16.1 Å². The highest BCUT2D eigenvalue weighted by atomic mass is 32.2. The molecule has 0 amide bonds. The van der Waals surface area contributed by atoms with E-state index < -0.39 is 27.6 Å². The van der Waals surface area contributed by atoms with Crippen molar-refractivity contribution in [1.29, 1.82) is 0 Å². The fourth-order valence-electron chi connectivity index (χ4n) is 4.19. The number of ether oxygens (including phenoxy) is 2. The zero-order valence-corrected chi connectivity index (χ0v) is 16.2. The minimum absolute atomic E-state index is 0.270. The van der Waals surface area contributed by atoms with E-state index in [0.29, 0.717) is 0 Å². The van der Waals surface area contributed by atoms with Gasteiger partial charge in [-0.3, -0.25) is 4.55 Å². The van der Waals surface area contributed by atoms with Crippen molar-refractivity contribution < 1.29 is 27.2 Å². The van der Waals surface area contributed by atoms with Crippen LogP contribution in [0.1, 0.15) is 78.1 Å². The van der Waals surface area contributed by atoms with Crippen molar-refractivity contribution in [3.8, 4) is 0 Å². The molecular formula is C18H32O6S. The summed E-state index contributed by atoms with van der Waals surface area (Å²) in [6.07, 6.45) is 10.1. The van der Waals surface area contributed by atoms with Gasteiger partial charge in [-0.2, -0.15) is 8.42 Å². The van der Waals surface area contributed by atoms with Crippen molar-refractivity contribution in [2.45, 2.75) is 95.7 Å². The first-order valence-corrected chi connectivity index (χ1v) is 11.1. The average Bonchev–Trinajstić information content (AvgIpc) is 2.58. The molecule has 0 aromatic heterocycles. The lowest BCUT2D eigenvalue weighted by Crippen LogP contribution is -2.43. The molecule has 7 heteroatoms.